The van der Waals surface area contributed by atoms with Gasteiger partial charge in [-0.2, -0.15) is 0 Å². The summed E-state index contributed by atoms with van der Waals surface area (Å²) >= 11 is 0. The van der Waals surface area contributed by atoms with Crippen LogP contribution in [0.25, 0.3) is 0 Å². The van der Waals surface area contributed by atoms with Crippen LogP contribution in [0.15, 0.2) is 12.4 Å². The van der Waals surface area contributed by atoms with Crippen molar-refractivity contribution in [3.8, 4) is 0 Å². The van der Waals surface area contributed by atoms with E-state index in [1.807, 2.05) is 17.8 Å². The molecule has 2 rings (SSSR count). The van der Waals surface area contributed by atoms with Gasteiger partial charge in [-0.05, 0) is 12.8 Å². The van der Waals surface area contributed by atoms with E-state index in [2.05, 4.69) is 4.98 Å². The van der Waals surface area contributed by atoms with Crippen LogP contribution in [0.3, 0.4) is 0 Å². The van der Waals surface area contributed by atoms with Gasteiger partial charge in [0.1, 0.15) is 11.6 Å². The van der Waals surface area contributed by atoms with Crippen molar-refractivity contribution in [3.63, 3.8) is 0 Å². The quantitative estimate of drug-likeness (QED) is 0.829. The van der Waals surface area contributed by atoms with Gasteiger partial charge in [0.2, 0.25) is 0 Å². The predicted molar refractivity (Wildman–Crippen MR) is 75.7 cm³/mol. The Morgan fingerprint density at radius 2 is 2.05 bits per heavy atom. The number of Topliss-reactive ketones (excluding diaryl/α,β-unsaturated/α-hetero) is 1. The summed E-state index contributed by atoms with van der Waals surface area (Å²) in [6.45, 7) is 0.506. The van der Waals surface area contributed by atoms with Gasteiger partial charge >= 0.3 is 0 Å². The van der Waals surface area contributed by atoms with Gasteiger partial charge in [0.15, 0.2) is 0 Å². The summed E-state index contributed by atoms with van der Waals surface area (Å²) in [5, 5.41) is 0. The summed E-state index contributed by atoms with van der Waals surface area (Å²) in [5.41, 5.74) is 5.70. The smallest absolute Gasteiger partial charge is 0.140 e. The molecular weight excluding hydrogens is 238 g/mol. The van der Waals surface area contributed by atoms with Crippen molar-refractivity contribution in [3.05, 3.63) is 18.2 Å². The fourth-order valence-electron chi connectivity index (χ4n) is 3.13. The molecule has 1 heterocycles. The van der Waals surface area contributed by atoms with Crippen LogP contribution in [0.1, 0.15) is 50.8 Å². The Labute approximate surface area is 115 Å². The van der Waals surface area contributed by atoms with E-state index < -0.39 is 0 Å². The highest BCUT2D eigenvalue weighted by Gasteiger charge is 2.36. The minimum Gasteiger partial charge on any atom is -0.338 e. The van der Waals surface area contributed by atoms with Gasteiger partial charge < -0.3 is 10.3 Å². The molecule has 1 aliphatic rings. The van der Waals surface area contributed by atoms with Gasteiger partial charge in [-0.15, -0.1) is 0 Å². The Morgan fingerprint density at radius 3 is 2.58 bits per heavy atom. The highest BCUT2D eigenvalue weighted by Crippen LogP contribution is 2.36. The Kier molecular flexibility index (Phi) is 4.75. The normalized spacial score (nSPS) is 19.1. The fraction of sp³-hybridized carbons (Fsp3) is 0.733. The molecule has 0 atom stereocenters. The van der Waals surface area contributed by atoms with Gasteiger partial charge in [0, 0.05) is 44.2 Å². The number of hydrogen-bond donors (Lipinski definition) is 1. The number of carbonyl (C=O) groups is 1. The topological polar surface area (TPSA) is 60.9 Å². The van der Waals surface area contributed by atoms with E-state index in [1.165, 1.54) is 12.8 Å². The maximum absolute atomic E-state index is 12.6. The summed E-state index contributed by atoms with van der Waals surface area (Å²) in [4.78, 5) is 16.9. The summed E-state index contributed by atoms with van der Waals surface area (Å²) in [5.74, 6) is 1.33. The molecule has 106 valence electrons. The number of imidazole rings is 1. The summed E-state index contributed by atoms with van der Waals surface area (Å²) in [6, 6.07) is 0. The summed E-state index contributed by atoms with van der Waals surface area (Å²) in [7, 11) is 1.97. The zero-order valence-corrected chi connectivity index (χ0v) is 11.9. The van der Waals surface area contributed by atoms with Crippen LogP contribution in [-0.2, 0) is 18.3 Å². The molecule has 0 radical (unpaired) electrons. The average molecular weight is 263 g/mol. The fourth-order valence-corrected chi connectivity index (χ4v) is 3.13. The Morgan fingerprint density at radius 1 is 1.37 bits per heavy atom. The summed E-state index contributed by atoms with van der Waals surface area (Å²) < 4.78 is 1.98. The maximum atomic E-state index is 12.6. The van der Waals surface area contributed by atoms with E-state index in [1.54, 1.807) is 6.20 Å². The first-order valence-electron chi connectivity index (χ1n) is 7.37. The van der Waals surface area contributed by atoms with E-state index in [-0.39, 0.29) is 5.41 Å². The van der Waals surface area contributed by atoms with Crippen LogP contribution in [0.4, 0.5) is 0 Å². The first-order valence-corrected chi connectivity index (χ1v) is 7.37. The van der Waals surface area contributed by atoms with Crippen molar-refractivity contribution in [2.75, 3.05) is 6.54 Å². The first-order chi connectivity index (χ1) is 9.18. The maximum Gasteiger partial charge on any atom is 0.140 e. The zero-order chi connectivity index (χ0) is 13.7. The van der Waals surface area contributed by atoms with Crippen LogP contribution >= 0.6 is 0 Å². The van der Waals surface area contributed by atoms with Crippen LogP contribution in [0.5, 0.6) is 0 Å². The molecule has 0 spiro atoms. The SMILES string of the molecule is Cn1ccnc1CCC(=O)C1(CN)CCCCCC1. The van der Waals surface area contributed by atoms with Crippen LogP contribution in [-0.4, -0.2) is 21.9 Å². The van der Waals surface area contributed by atoms with Gasteiger partial charge in [0.25, 0.3) is 0 Å². The Hall–Kier alpha value is -1.16. The van der Waals surface area contributed by atoms with Crippen molar-refractivity contribution in [2.24, 2.45) is 18.2 Å². The molecule has 1 aromatic rings. The molecule has 0 aliphatic heterocycles. The molecule has 1 saturated carbocycles. The van der Waals surface area contributed by atoms with Crippen LogP contribution < -0.4 is 5.73 Å². The second-order valence-electron chi connectivity index (χ2n) is 5.78. The molecule has 0 aromatic carbocycles. The molecule has 1 aromatic heterocycles. The molecule has 1 fully saturated rings. The van der Waals surface area contributed by atoms with Crippen molar-refractivity contribution in [1.29, 1.82) is 0 Å². The monoisotopic (exact) mass is 263 g/mol. The van der Waals surface area contributed by atoms with Crippen LogP contribution in [0.2, 0.25) is 0 Å². The van der Waals surface area contributed by atoms with Gasteiger partial charge in [0.05, 0.1) is 0 Å². The van der Waals surface area contributed by atoms with Gasteiger partial charge in [-0.1, -0.05) is 25.7 Å². The lowest BCUT2D eigenvalue weighted by Crippen LogP contribution is -2.38. The van der Waals surface area contributed by atoms with Crippen LogP contribution in [0, 0.1) is 5.41 Å². The number of nitrogens with zero attached hydrogens (tertiary/aromatic N) is 2. The standard InChI is InChI=1S/C15H25N3O/c1-18-11-10-17-14(18)7-6-13(19)15(12-16)8-4-2-3-5-9-15/h10-11H,2-9,12,16H2,1H3. The number of rotatable bonds is 5. The molecule has 4 nitrogen and oxygen atoms in total. The number of hydrogen-bond acceptors (Lipinski definition) is 3. The Bertz CT molecular complexity index is 417. The van der Waals surface area contributed by atoms with E-state index in [4.69, 9.17) is 5.73 Å². The van der Waals surface area contributed by atoms with E-state index >= 15 is 0 Å². The number of ketones is 1. The highest BCUT2D eigenvalue weighted by molar-refractivity contribution is 5.85. The zero-order valence-electron chi connectivity index (χ0n) is 11.9. The molecule has 0 bridgehead atoms. The van der Waals surface area contributed by atoms with E-state index in [0.29, 0.717) is 18.7 Å². The molecule has 0 saturated heterocycles. The lowest BCUT2D eigenvalue weighted by atomic mass is 9.75. The lowest BCUT2D eigenvalue weighted by molar-refractivity contribution is -0.129. The molecule has 1 aliphatic carbocycles. The lowest BCUT2D eigenvalue weighted by Gasteiger charge is -2.29. The van der Waals surface area contributed by atoms with E-state index in [9.17, 15) is 4.79 Å². The Balaban J connectivity index is 1.98. The van der Waals surface area contributed by atoms with Crippen molar-refractivity contribution < 1.29 is 4.79 Å². The summed E-state index contributed by atoms with van der Waals surface area (Å²) in [6.07, 6.45) is 11.7. The third-order valence-electron chi connectivity index (χ3n) is 4.54. The first kappa shape index (κ1) is 14.3. The highest BCUT2D eigenvalue weighted by atomic mass is 16.1. The van der Waals surface area contributed by atoms with E-state index in [0.717, 1.165) is 37.9 Å². The number of carbonyl (C=O) groups excluding carboxylic acids is 1. The minimum atomic E-state index is -0.248. The molecular formula is C15H25N3O. The molecule has 0 amide bonds. The second-order valence-corrected chi connectivity index (χ2v) is 5.78. The van der Waals surface area contributed by atoms with Gasteiger partial charge in [-0.25, -0.2) is 4.98 Å². The van der Waals surface area contributed by atoms with Crippen molar-refractivity contribution in [1.82, 2.24) is 9.55 Å². The number of aryl methyl sites for hydroxylation is 2. The third-order valence-corrected chi connectivity index (χ3v) is 4.54. The van der Waals surface area contributed by atoms with Gasteiger partial charge in [-0.3, -0.25) is 4.79 Å². The minimum absolute atomic E-state index is 0.248. The van der Waals surface area contributed by atoms with Crippen molar-refractivity contribution in [2.45, 2.75) is 51.4 Å². The number of aromatic nitrogens is 2. The number of nitrogens with two attached hydrogens (primary N) is 1. The molecule has 0 unspecified atom stereocenters. The van der Waals surface area contributed by atoms with Crippen molar-refractivity contribution >= 4 is 5.78 Å². The average Bonchev–Trinajstić information content (AvgIpc) is 2.68. The molecule has 4 heteroatoms. The second kappa shape index (κ2) is 6.33. The molecule has 2 N–H and O–H groups in total. The third kappa shape index (κ3) is 3.24. The predicted octanol–water partition coefficient (Wildman–Crippen LogP) is 2.22. The largest absolute Gasteiger partial charge is 0.338 e. The molecule has 19 heavy (non-hydrogen) atoms.